The van der Waals surface area contributed by atoms with E-state index in [9.17, 15) is 4.79 Å². The summed E-state index contributed by atoms with van der Waals surface area (Å²) in [7, 11) is 0. The number of hydrogen-bond donors (Lipinski definition) is 0. The van der Waals surface area contributed by atoms with E-state index in [0.717, 1.165) is 18.8 Å². The van der Waals surface area contributed by atoms with E-state index in [4.69, 9.17) is 9.47 Å². The normalized spacial score (nSPS) is 14.4. The Labute approximate surface area is 196 Å². The van der Waals surface area contributed by atoms with E-state index in [1.54, 1.807) is 0 Å². The summed E-state index contributed by atoms with van der Waals surface area (Å²) in [5, 5.41) is 0. The van der Waals surface area contributed by atoms with Gasteiger partial charge >= 0.3 is 0 Å². The Kier molecular flexibility index (Phi) is 8.12. The Morgan fingerprint density at radius 1 is 0.788 bits per heavy atom. The van der Waals surface area contributed by atoms with Crippen LogP contribution < -0.4 is 4.74 Å². The summed E-state index contributed by atoms with van der Waals surface area (Å²) in [6, 6.07) is 28.8. The Balaban J connectivity index is 1.38. The van der Waals surface area contributed by atoms with E-state index >= 15 is 0 Å². The summed E-state index contributed by atoms with van der Waals surface area (Å²) < 4.78 is 10.9. The van der Waals surface area contributed by atoms with Crippen LogP contribution >= 0.6 is 0 Å². The van der Waals surface area contributed by atoms with Gasteiger partial charge in [-0.1, -0.05) is 60.7 Å². The molecule has 1 amide bonds. The molecule has 3 aromatic carbocycles. The first kappa shape index (κ1) is 23.0. The largest absolute Gasteiger partial charge is 0.491 e. The van der Waals surface area contributed by atoms with Crippen LogP contribution in [0.15, 0.2) is 84.9 Å². The average Bonchev–Trinajstić information content (AvgIpc) is 2.88. The van der Waals surface area contributed by atoms with Crippen LogP contribution in [0.25, 0.3) is 0 Å². The lowest BCUT2D eigenvalue weighted by Gasteiger charge is -2.39. The zero-order valence-corrected chi connectivity index (χ0v) is 19.2. The van der Waals surface area contributed by atoms with Crippen molar-refractivity contribution in [2.45, 2.75) is 13.0 Å². The highest BCUT2D eigenvalue weighted by Gasteiger charge is 2.28. The van der Waals surface area contributed by atoms with E-state index in [1.165, 1.54) is 11.1 Å². The maximum atomic E-state index is 13.1. The van der Waals surface area contributed by atoms with Gasteiger partial charge in [0.2, 0.25) is 0 Å². The van der Waals surface area contributed by atoms with Gasteiger partial charge in [-0.2, -0.15) is 0 Å². The van der Waals surface area contributed by atoms with E-state index in [2.05, 4.69) is 65.6 Å². The van der Waals surface area contributed by atoms with Crippen molar-refractivity contribution >= 4 is 5.91 Å². The number of nitrogens with zero attached hydrogens (tertiary/aromatic N) is 2. The van der Waals surface area contributed by atoms with Gasteiger partial charge in [0.15, 0.2) is 0 Å². The molecule has 0 radical (unpaired) electrons. The van der Waals surface area contributed by atoms with Gasteiger partial charge in [0.05, 0.1) is 12.6 Å². The van der Waals surface area contributed by atoms with Crippen LogP contribution in [-0.2, 0) is 4.74 Å². The fourth-order valence-corrected chi connectivity index (χ4v) is 4.31. The molecule has 0 atom stereocenters. The van der Waals surface area contributed by atoms with Crippen LogP contribution in [0.4, 0.5) is 0 Å². The standard InChI is InChI=1S/C28H32N2O3/c1-2-32-21-22-33-26-15-13-25(14-16-26)28(31)30-19-17-29(18-20-30)27(23-9-5-3-6-10-23)24-11-7-4-8-12-24/h3-16,27H,2,17-22H2,1H3. The molecule has 33 heavy (non-hydrogen) atoms. The molecule has 3 aromatic rings. The molecule has 0 aliphatic carbocycles. The fourth-order valence-electron chi connectivity index (χ4n) is 4.31. The third-order valence-corrected chi connectivity index (χ3v) is 6.00. The van der Waals surface area contributed by atoms with E-state index in [1.807, 2.05) is 36.1 Å². The number of rotatable bonds is 9. The zero-order valence-electron chi connectivity index (χ0n) is 19.2. The van der Waals surface area contributed by atoms with Crippen molar-refractivity contribution in [2.24, 2.45) is 0 Å². The van der Waals surface area contributed by atoms with Gasteiger partial charge in [0.1, 0.15) is 12.4 Å². The molecule has 1 fully saturated rings. The molecule has 5 heteroatoms. The first-order valence-corrected chi connectivity index (χ1v) is 11.7. The predicted octanol–water partition coefficient (Wildman–Crippen LogP) is 4.65. The molecule has 0 bridgehead atoms. The molecular formula is C28H32N2O3. The van der Waals surface area contributed by atoms with E-state index in [-0.39, 0.29) is 11.9 Å². The van der Waals surface area contributed by atoms with Gasteiger partial charge in [-0.05, 0) is 42.3 Å². The number of amides is 1. The maximum Gasteiger partial charge on any atom is 0.253 e. The van der Waals surface area contributed by atoms with Crippen molar-refractivity contribution in [1.29, 1.82) is 0 Å². The quantitative estimate of drug-likeness (QED) is 0.451. The zero-order chi connectivity index (χ0) is 22.9. The van der Waals surface area contributed by atoms with Crippen LogP contribution in [0.2, 0.25) is 0 Å². The lowest BCUT2D eigenvalue weighted by molar-refractivity contribution is 0.0597. The SMILES string of the molecule is CCOCCOc1ccc(C(=O)N2CCN(C(c3ccccc3)c3ccccc3)CC2)cc1. The molecule has 0 aromatic heterocycles. The summed E-state index contributed by atoms with van der Waals surface area (Å²) in [4.78, 5) is 17.5. The van der Waals surface area contributed by atoms with Gasteiger partial charge in [-0.3, -0.25) is 9.69 Å². The molecular weight excluding hydrogens is 412 g/mol. The monoisotopic (exact) mass is 444 g/mol. The van der Waals surface area contributed by atoms with E-state index < -0.39 is 0 Å². The average molecular weight is 445 g/mol. The van der Waals surface area contributed by atoms with Crippen LogP contribution in [0, 0.1) is 0 Å². The highest BCUT2D eigenvalue weighted by atomic mass is 16.5. The molecule has 1 aliphatic rings. The van der Waals surface area contributed by atoms with Crippen molar-refractivity contribution in [3.05, 3.63) is 102 Å². The Morgan fingerprint density at radius 2 is 1.36 bits per heavy atom. The minimum Gasteiger partial charge on any atom is -0.491 e. The van der Waals surface area contributed by atoms with Gasteiger partial charge in [0, 0.05) is 38.3 Å². The topological polar surface area (TPSA) is 42.0 Å². The number of hydrogen-bond acceptors (Lipinski definition) is 4. The number of benzene rings is 3. The molecule has 0 N–H and O–H groups in total. The molecule has 0 unspecified atom stereocenters. The maximum absolute atomic E-state index is 13.1. The smallest absolute Gasteiger partial charge is 0.253 e. The summed E-state index contributed by atoms with van der Waals surface area (Å²) in [6.07, 6.45) is 0. The molecule has 5 nitrogen and oxygen atoms in total. The molecule has 1 heterocycles. The lowest BCUT2D eigenvalue weighted by atomic mass is 9.96. The van der Waals surface area contributed by atoms with Crippen molar-refractivity contribution in [3.63, 3.8) is 0 Å². The summed E-state index contributed by atoms with van der Waals surface area (Å²) in [5.74, 6) is 0.830. The van der Waals surface area contributed by atoms with Gasteiger partial charge in [-0.25, -0.2) is 0 Å². The predicted molar refractivity (Wildman–Crippen MR) is 131 cm³/mol. The highest BCUT2D eigenvalue weighted by molar-refractivity contribution is 5.94. The second-order valence-electron chi connectivity index (χ2n) is 8.12. The molecule has 1 saturated heterocycles. The lowest BCUT2D eigenvalue weighted by Crippen LogP contribution is -2.49. The van der Waals surface area contributed by atoms with Crippen LogP contribution in [0.5, 0.6) is 5.75 Å². The van der Waals surface area contributed by atoms with Crippen molar-refractivity contribution in [2.75, 3.05) is 46.0 Å². The van der Waals surface area contributed by atoms with E-state index in [0.29, 0.717) is 38.5 Å². The number of carbonyl (C=O) groups is 1. The summed E-state index contributed by atoms with van der Waals surface area (Å²) in [5.41, 5.74) is 3.26. The number of carbonyl (C=O) groups excluding carboxylic acids is 1. The first-order chi connectivity index (χ1) is 16.3. The first-order valence-electron chi connectivity index (χ1n) is 11.7. The summed E-state index contributed by atoms with van der Waals surface area (Å²) in [6.45, 7) is 6.80. The minimum absolute atomic E-state index is 0.0755. The molecule has 172 valence electrons. The third-order valence-electron chi connectivity index (χ3n) is 6.00. The molecule has 0 saturated carbocycles. The van der Waals surface area contributed by atoms with Crippen molar-refractivity contribution in [1.82, 2.24) is 9.80 Å². The molecule has 0 spiro atoms. The highest BCUT2D eigenvalue weighted by Crippen LogP contribution is 2.29. The van der Waals surface area contributed by atoms with Crippen molar-refractivity contribution < 1.29 is 14.3 Å². The second kappa shape index (κ2) is 11.6. The Hall–Kier alpha value is -3.15. The Bertz CT molecular complexity index is 945. The number of piperazine rings is 1. The van der Waals surface area contributed by atoms with Gasteiger partial charge in [-0.15, -0.1) is 0 Å². The van der Waals surface area contributed by atoms with Crippen molar-refractivity contribution in [3.8, 4) is 5.75 Å². The minimum atomic E-state index is 0.0755. The second-order valence-corrected chi connectivity index (χ2v) is 8.12. The van der Waals surface area contributed by atoms with Crippen LogP contribution in [0.3, 0.4) is 0 Å². The van der Waals surface area contributed by atoms with Crippen LogP contribution in [0.1, 0.15) is 34.5 Å². The summed E-state index contributed by atoms with van der Waals surface area (Å²) >= 11 is 0. The third kappa shape index (κ3) is 6.01. The van der Waals surface area contributed by atoms with Gasteiger partial charge in [0.25, 0.3) is 5.91 Å². The fraction of sp³-hybridized carbons (Fsp3) is 0.321. The molecule has 4 rings (SSSR count). The van der Waals surface area contributed by atoms with Gasteiger partial charge < -0.3 is 14.4 Å². The van der Waals surface area contributed by atoms with Crippen LogP contribution in [-0.4, -0.2) is 61.7 Å². The Morgan fingerprint density at radius 3 is 1.91 bits per heavy atom. The number of ether oxygens (including phenoxy) is 2. The molecule has 1 aliphatic heterocycles.